The van der Waals surface area contributed by atoms with Crippen LogP contribution in [0.5, 0.6) is 0 Å². The molecule has 1 amide bonds. The Morgan fingerprint density at radius 1 is 1.42 bits per heavy atom. The average molecular weight is 283 g/mol. The Hall–Kier alpha value is -1.06. The Kier molecular flexibility index (Phi) is 6.89. The summed E-state index contributed by atoms with van der Waals surface area (Å²) in [5.41, 5.74) is 2.30. The molecule has 0 saturated carbocycles. The van der Waals surface area contributed by atoms with E-state index in [9.17, 15) is 4.79 Å². The predicted molar refractivity (Wildman–Crippen MR) is 80.8 cm³/mol. The second-order valence-electron chi connectivity index (χ2n) is 5.04. The molecule has 0 bridgehead atoms. The summed E-state index contributed by atoms with van der Waals surface area (Å²) in [7, 11) is 0. The molecule has 1 fully saturated rings. The summed E-state index contributed by atoms with van der Waals surface area (Å²) in [6.45, 7) is 3.95. The molecule has 1 aromatic rings. The van der Waals surface area contributed by atoms with Crippen molar-refractivity contribution in [2.24, 2.45) is 0 Å². The van der Waals surface area contributed by atoms with Crippen LogP contribution in [0.15, 0.2) is 24.3 Å². The van der Waals surface area contributed by atoms with Gasteiger partial charge in [-0.2, -0.15) is 0 Å². The van der Waals surface area contributed by atoms with Crippen LogP contribution in [0.3, 0.4) is 0 Å². The summed E-state index contributed by atoms with van der Waals surface area (Å²) in [6, 6.07) is 8.66. The van der Waals surface area contributed by atoms with Gasteiger partial charge in [0.1, 0.15) is 0 Å². The normalized spacial score (nSPS) is 17.8. The van der Waals surface area contributed by atoms with E-state index < -0.39 is 0 Å². The average Bonchev–Trinajstić information content (AvgIpc) is 2.85. The Morgan fingerprint density at radius 3 is 2.89 bits per heavy atom. The standard InChI is InChI=1S/C15H22N2O.ClH/c1-12-5-2-3-6-13(12)11-15(18)17-10-8-14-7-4-9-16-14;/h2-3,5-6,14,16H,4,7-11H2,1H3,(H,17,18);1H/t14-;/m1./s1. The first-order valence-corrected chi connectivity index (χ1v) is 6.80. The number of halogens is 1. The van der Waals surface area contributed by atoms with Gasteiger partial charge in [0.05, 0.1) is 6.42 Å². The monoisotopic (exact) mass is 282 g/mol. The van der Waals surface area contributed by atoms with Crippen LogP contribution >= 0.6 is 12.4 Å². The first kappa shape index (κ1) is 16.0. The Morgan fingerprint density at radius 2 is 2.21 bits per heavy atom. The maximum Gasteiger partial charge on any atom is 0.224 e. The maximum absolute atomic E-state index is 11.8. The van der Waals surface area contributed by atoms with Crippen molar-refractivity contribution in [3.05, 3.63) is 35.4 Å². The topological polar surface area (TPSA) is 41.1 Å². The van der Waals surface area contributed by atoms with Crippen LogP contribution < -0.4 is 10.6 Å². The third-order valence-corrected chi connectivity index (χ3v) is 3.59. The molecule has 0 unspecified atom stereocenters. The number of nitrogens with one attached hydrogen (secondary N) is 2. The van der Waals surface area contributed by atoms with Crippen molar-refractivity contribution in [3.63, 3.8) is 0 Å². The van der Waals surface area contributed by atoms with Gasteiger partial charge in [-0.3, -0.25) is 4.79 Å². The molecule has 1 atom stereocenters. The summed E-state index contributed by atoms with van der Waals surface area (Å²) < 4.78 is 0. The number of hydrogen-bond donors (Lipinski definition) is 2. The largest absolute Gasteiger partial charge is 0.356 e. The number of rotatable bonds is 5. The second-order valence-corrected chi connectivity index (χ2v) is 5.04. The molecule has 3 nitrogen and oxygen atoms in total. The van der Waals surface area contributed by atoms with Gasteiger partial charge < -0.3 is 10.6 Å². The second kappa shape index (κ2) is 8.18. The fraction of sp³-hybridized carbons (Fsp3) is 0.533. The third kappa shape index (κ3) is 5.21. The molecule has 19 heavy (non-hydrogen) atoms. The molecule has 106 valence electrons. The molecule has 0 aromatic heterocycles. The van der Waals surface area contributed by atoms with E-state index in [1.165, 1.54) is 18.4 Å². The van der Waals surface area contributed by atoms with E-state index in [1.807, 2.05) is 31.2 Å². The molecule has 0 spiro atoms. The van der Waals surface area contributed by atoms with Crippen LogP contribution in [0.2, 0.25) is 0 Å². The fourth-order valence-electron chi connectivity index (χ4n) is 2.43. The van der Waals surface area contributed by atoms with E-state index >= 15 is 0 Å². The number of carbonyl (C=O) groups excluding carboxylic acids is 1. The van der Waals surface area contributed by atoms with E-state index in [0.29, 0.717) is 12.5 Å². The van der Waals surface area contributed by atoms with Gasteiger partial charge >= 0.3 is 0 Å². The first-order chi connectivity index (χ1) is 8.75. The zero-order valence-corrected chi connectivity index (χ0v) is 12.3. The van der Waals surface area contributed by atoms with E-state index in [0.717, 1.165) is 25.1 Å². The summed E-state index contributed by atoms with van der Waals surface area (Å²) in [6.07, 6.45) is 4.04. The van der Waals surface area contributed by atoms with Gasteiger partial charge in [-0.1, -0.05) is 24.3 Å². The molecule has 2 N–H and O–H groups in total. The summed E-state index contributed by atoms with van der Waals surface area (Å²) in [5.74, 6) is 0.127. The van der Waals surface area contributed by atoms with Crippen LogP contribution in [0, 0.1) is 6.92 Å². The van der Waals surface area contributed by atoms with Crippen LogP contribution in [-0.4, -0.2) is 25.0 Å². The number of benzene rings is 1. The molecule has 0 radical (unpaired) electrons. The van der Waals surface area contributed by atoms with Crippen molar-refractivity contribution in [1.82, 2.24) is 10.6 Å². The van der Waals surface area contributed by atoms with Crippen molar-refractivity contribution in [2.45, 2.75) is 38.6 Å². The minimum Gasteiger partial charge on any atom is -0.356 e. The molecule has 2 rings (SSSR count). The van der Waals surface area contributed by atoms with Crippen molar-refractivity contribution in [1.29, 1.82) is 0 Å². The van der Waals surface area contributed by atoms with E-state index in [1.54, 1.807) is 0 Å². The van der Waals surface area contributed by atoms with Crippen LogP contribution in [0.4, 0.5) is 0 Å². The van der Waals surface area contributed by atoms with Gasteiger partial charge in [0.15, 0.2) is 0 Å². The molecule has 1 aliphatic rings. The SMILES string of the molecule is Cc1ccccc1CC(=O)NCC[C@H]1CCCN1.Cl. The molecule has 0 aliphatic carbocycles. The predicted octanol–water partition coefficient (Wildman–Crippen LogP) is 2.22. The van der Waals surface area contributed by atoms with E-state index in [2.05, 4.69) is 10.6 Å². The lowest BCUT2D eigenvalue weighted by atomic mass is 10.1. The summed E-state index contributed by atoms with van der Waals surface area (Å²) >= 11 is 0. The van der Waals surface area contributed by atoms with Gasteiger partial charge in [-0.15, -0.1) is 12.4 Å². The smallest absolute Gasteiger partial charge is 0.224 e. The number of carbonyl (C=O) groups is 1. The summed E-state index contributed by atoms with van der Waals surface area (Å²) in [4.78, 5) is 11.8. The zero-order valence-electron chi connectivity index (χ0n) is 11.4. The minimum absolute atomic E-state index is 0. The highest BCUT2D eigenvalue weighted by Gasteiger charge is 2.13. The first-order valence-electron chi connectivity index (χ1n) is 6.80. The van der Waals surface area contributed by atoms with Gasteiger partial charge in [-0.05, 0) is 43.9 Å². The minimum atomic E-state index is 0. The Balaban J connectivity index is 0.00000180. The van der Waals surface area contributed by atoms with Crippen molar-refractivity contribution >= 4 is 18.3 Å². The molecular weight excluding hydrogens is 260 g/mol. The van der Waals surface area contributed by atoms with Crippen molar-refractivity contribution in [3.8, 4) is 0 Å². The molecule has 1 saturated heterocycles. The fourth-order valence-corrected chi connectivity index (χ4v) is 2.43. The van der Waals surface area contributed by atoms with Crippen molar-refractivity contribution < 1.29 is 4.79 Å². The highest BCUT2D eigenvalue weighted by molar-refractivity contribution is 5.85. The van der Waals surface area contributed by atoms with Gasteiger partial charge in [0.2, 0.25) is 5.91 Å². The quantitative estimate of drug-likeness (QED) is 0.869. The number of aryl methyl sites for hydroxylation is 1. The molecular formula is C15H23ClN2O. The highest BCUT2D eigenvalue weighted by Crippen LogP contribution is 2.09. The van der Waals surface area contributed by atoms with E-state index in [-0.39, 0.29) is 18.3 Å². The Labute approximate surface area is 121 Å². The molecule has 1 heterocycles. The lowest BCUT2D eigenvalue weighted by molar-refractivity contribution is -0.120. The van der Waals surface area contributed by atoms with Gasteiger partial charge in [-0.25, -0.2) is 0 Å². The van der Waals surface area contributed by atoms with Gasteiger partial charge in [0.25, 0.3) is 0 Å². The molecule has 1 aliphatic heterocycles. The van der Waals surface area contributed by atoms with Crippen LogP contribution in [0.25, 0.3) is 0 Å². The molecule has 4 heteroatoms. The van der Waals surface area contributed by atoms with E-state index in [4.69, 9.17) is 0 Å². The highest BCUT2D eigenvalue weighted by atomic mass is 35.5. The molecule has 1 aromatic carbocycles. The number of amides is 1. The van der Waals surface area contributed by atoms with Crippen LogP contribution in [0.1, 0.15) is 30.4 Å². The third-order valence-electron chi connectivity index (χ3n) is 3.59. The Bertz CT molecular complexity index is 403. The summed E-state index contributed by atoms with van der Waals surface area (Å²) in [5, 5.41) is 6.44. The van der Waals surface area contributed by atoms with Crippen molar-refractivity contribution in [2.75, 3.05) is 13.1 Å². The maximum atomic E-state index is 11.8. The number of hydrogen-bond acceptors (Lipinski definition) is 2. The van der Waals surface area contributed by atoms with Crippen LogP contribution in [-0.2, 0) is 11.2 Å². The lowest BCUT2D eigenvalue weighted by Gasteiger charge is -2.11. The zero-order chi connectivity index (χ0) is 12.8. The van der Waals surface area contributed by atoms with Gasteiger partial charge in [0, 0.05) is 12.6 Å². The lowest BCUT2D eigenvalue weighted by Crippen LogP contribution is -2.31.